The molecule has 19 rings (SSSR count). The Morgan fingerprint density at radius 1 is 0.425 bits per heavy atom. The molecule has 0 unspecified atom stereocenters. The maximum absolute atomic E-state index is 13.4. The van der Waals surface area contributed by atoms with Crippen molar-refractivity contribution in [3.05, 3.63) is 242 Å². The Morgan fingerprint density at radius 3 is 1.29 bits per heavy atom. The molecule has 4 aromatic carbocycles. The molecule has 3 amide bonds. The van der Waals surface area contributed by atoms with Gasteiger partial charge in [-0.3, -0.25) is 42.5 Å². The highest BCUT2D eigenvalue weighted by molar-refractivity contribution is 8.00. The van der Waals surface area contributed by atoms with Crippen LogP contribution in [0.3, 0.4) is 0 Å². The van der Waals surface area contributed by atoms with E-state index in [2.05, 4.69) is 113 Å². The summed E-state index contributed by atoms with van der Waals surface area (Å²) in [6.45, 7) is 4.15. The molecule has 24 nitrogen and oxygen atoms in total. The Labute approximate surface area is 612 Å². The fraction of sp³-hybridized carbons (Fsp3) is 0.210. The molecular weight excluding hydrogens is 1350 g/mol. The third kappa shape index (κ3) is 13.1. The van der Waals surface area contributed by atoms with Crippen molar-refractivity contribution in [1.82, 2.24) is 87.7 Å². The second-order valence-electron chi connectivity index (χ2n) is 27.1. The van der Waals surface area contributed by atoms with Gasteiger partial charge in [-0.25, -0.2) is 29.9 Å². The molecule has 106 heavy (non-hydrogen) atoms. The largest absolute Gasteiger partial charge is 0.382 e. The number of nitrogens with two attached hydrogens (primary N) is 3. The molecule has 3 aliphatic heterocycles. The number of fused-ring (bicyclic) bond motifs is 7. The normalized spacial score (nSPS) is 14.7. The van der Waals surface area contributed by atoms with Crippen molar-refractivity contribution in [2.24, 2.45) is 0 Å². The van der Waals surface area contributed by atoms with Crippen molar-refractivity contribution in [3.8, 4) is 34.2 Å². The van der Waals surface area contributed by atoms with Gasteiger partial charge in [0.25, 0.3) is 5.91 Å². The average Bonchev–Trinajstić information content (AvgIpc) is 1.61. The molecule has 3 saturated heterocycles. The number of pyridine rings is 3. The van der Waals surface area contributed by atoms with E-state index in [9.17, 15) is 14.4 Å². The number of benzene rings is 4. The van der Waals surface area contributed by atoms with Gasteiger partial charge in [0.2, 0.25) is 11.8 Å². The zero-order valence-electron chi connectivity index (χ0n) is 57.9. The number of carbonyl (C=O) groups is 3. The van der Waals surface area contributed by atoms with E-state index in [0.717, 1.165) is 174 Å². The molecular formula is C81H75N21O3S. The number of hydrogen-bond acceptors (Lipinski definition) is 16. The van der Waals surface area contributed by atoms with Crippen LogP contribution in [0.2, 0.25) is 0 Å². The number of rotatable bonds is 12. The lowest BCUT2D eigenvalue weighted by Crippen LogP contribution is -2.39. The Balaban J connectivity index is 0.000000117. The van der Waals surface area contributed by atoms with Crippen LogP contribution < -0.4 is 17.2 Å². The zero-order valence-corrected chi connectivity index (χ0v) is 58.7. The summed E-state index contributed by atoms with van der Waals surface area (Å²) in [5.41, 5.74) is 31.3. The van der Waals surface area contributed by atoms with Crippen molar-refractivity contribution >= 4 is 107 Å². The van der Waals surface area contributed by atoms with Crippen LogP contribution in [0.25, 0.3) is 94.2 Å². The Hall–Kier alpha value is -12.8. The average molecular weight is 1420 g/mol. The molecule has 0 saturated carbocycles. The lowest BCUT2D eigenvalue weighted by molar-refractivity contribution is -0.131. The second kappa shape index (κ2) is 28.8. The number of imidazole rings is 3. The summed E-state index contributed by atoms with van der Waals surface area (Å²) >= 11 is 1.55. The van der Waals surface area contributed by atoms with Crippen molar-refractivity contribution in [3.63, 3.8) is 0 Å². The van der Waals surface area contributed by atoms with Gasteiger partial charge < -0.3 is 46.9 Å². The molecule has 12 aromatic heterocycles. The highest BCUT2D eigenvalue weighted by Crippen LogP contribution is 2.40. The summed E-state index contributed by atoms with van der Waals surface area (Å²) in [4.78, 5) is 97.1. The summed E-state index contributed by atoms with van der Waals surface area (Å²) in [7, 11) is 0. The number of H-pyrrole nitrogens is 3. The number of nitrogen functional groups attached to an aromatic ring is 3. The summed E-state index contributed by atoms with van der Waals surface area (Å²) in [5, 5.41) is 5.29. The Kier molecular flexibility index (Phi) is 18.1. The number of thioether (sulfide) groups is 1. The number of aromatic amines is 3. The molecule has 9 N–H and O–H groups in total. The van der Waals surface area contributed by atoms with Gasteiger partial charge in [0.05, 0.1) is 29.3 Å². The number of nitrogens with zero attached hydrogens (tertiary/aromatic N) is 15. The van der Waals surface area contributed by atoms with Crippen LogP contribution in [0.15, 0.2) is 219 Å². The Morgan fingerprint density at radius 2 is 0.849 bits per heavy atom. The van der Waals surface area contributed by atoms with Crippen LogP contribution in [0, 0.1) is 0 Å². The molecule has 0 atom stereocenters. The number of para-hydroxylation sites is 3. The van der Waals surface area contributed by atoms with Crippen LogP contribution in [0.4, 0.5) is 17.5 Å². The first kappa shape index (κ1) is 66.5. The highest BCUT2D eigenvalue weighted by Gasteiger charge is 2.33. The Bertz CT molecular complexity index is 5810. The number of aromatic nitrogens is 15. The predicted octanol–water partition coefficient (Wildman–Crippen LogP) is 13.2. The van der Waals surface area contributed by atoms with E-state index in [0.29, 0.717) is 61.5 Å². The number of amides is 3. The molecule has 25 heteroatoms. The van der Waals surface area contributed by atoms with E-state index >= 15 is 0 Å². The number of anilines is 3. The smallest absolute Gasteiger partial charge is 0.273 e. The third-order valence-electron chi connectivity index (χ3n) is 20.7. The van der Waals surface area contributed by atoms with E-state index < -0.39 is 0 Å². The minimum absolute atomic E-state index is 0.0181. The maximum Gasteiger partial charge on any atom is 0.273 e. The maximum atomic E-state index is 13.4. The fourth-order valence-electron chi connectivity index (χ4n) is 15.3. The van der Waals surface area contributed by atoms with Crippen LogP contribution >= 0.6 is 11.8 Å². The van der Waals surface area contributed by atoms with Crippen molar-refractivity contribution in [2.75, 3.05) is 62.2 Å². The van der Waals surface area contributed by atoms with E-state index in [1.165, 1.54) is 0 Å². The second-order valence-corrected chi connectivity index (χ2v) is 28.2. The van der Waals surface area contributed by atoms with Crippen molar-refractivity contribution in [2.45, 2.75) is 67.6 Å². The standard InChI is InChI=1S/C29H25N7O.C26H25N7OS.C26H25N7O/c30-27-26-25(23-17-20-6-2-4-8-22(20)33-23)34-28(36(26)16-13-32-27)19-10-14-35(15-11-19)29(37)24-21-7-3-1-5-18(21)9-12-31-24;27-25-24-23(21-15-18-3-1-2-4-20(18)30-21)31-26(33(24)14-11-29-25)17-7-12-32(13-8-17)22(34)16-35-19-5-9-28-10-6-19;27-25-24-23(21-15-19-5-1-2-6-20(19)30-21)31-26(33(24)13-10-29-25)18-7-11-32(12-8-18)22(34)14-17-4-3-9-28-16-17/h1-9,12-13,16-17,19,33H,10-11,14-15H2,(H2,30,32);1-6,9-11,14-15,17,30H,7-8,12-13,16H2,(H2,27,29);1-6,9-10,13,15-16,18,30H,7-8,11-12,14H2,(H2,27,29). The van der Waals surface area contributed by atoms with Gasteiger partial charge in [-0.05, 0) is 110 Å². The molecule has 3 fully saturated rings. The fourth-order valence-corrected chi connectivity index (χ4v) is 16.1. The molecule has 0 radical (unpaired) electrons. The number of likely N-dealkylation sites (tertiary alicyclic amines) is 3. The SMILES string of the molecule is Nc1nccn2c(C3CCN(C(=O)CSc4ccncc4)CC3)nc(-c3cc4ccccc4[nH]3)c12.Nc1nccn2c(C3CCN(C(=O)Cc4cccnc4)CC3)nc(-c3cc4ccccc4[nH]3)c12.Nc1nccn2c(C3CCN(C(=O)c4nccc5ccccc45)CC3)nc(-c3cc4ccccc4[nH]3)c12. The quantitative estimate of drug-likeness (QED) is 0.0619. The van der Waals surface area contributed by atoms with Gasteiger partial charge in [-0.15, -0.1) is 11.8 Å². The van der Waals surface area contributed by atoms with Gasteiger partial charge in [-0.2, -0.15) is 0 Å². The summed E-state index contributed by atoms with van der Waals surface area (Å²) in [6, 6.07) is 48.3. The first-order valence-corrected chi connectivity index (χ1v) is 36.7. The lowest BCUT2D eigenvalue weighted by atomic mass is 9.95. The molecule has 16 aromatic rings. The summed E-state index contributed by atoms with van der Waals surface area (Å²) in [6.07, 6.45) is 25.1. The molecule has 528 valence electrons. The van der Waals surface area contributed by atoms with Gasteiger partial charge in [-0.1, -0.05) is 84.9 Å². The van der Waals surface area contributed by atoms with Crippen molar-refractivity contribution < 1.29 is 14.4 Å². The van der Waals surface area contributed by atoms with E-state index in [1.807, 2.05) is 124 Å². The number of carbonyl (C=O) groups excluding carboxylic acids is 3. The highest BCUT2D eigenvalue weighted by atomic mass is 32.2. The predicted molar refractivity (Wildman–Crippen MR) is 414 cm³/mol. The first-order valence-electron chi connectivity index (χ1n) is 35.7. The number of nitrogens with one attached hydrogen (secondary N) is 3. The number of piperidine rings is 3. The first-order chi connectivity index (χ1) is 52.0. The van der Waals surface area contributed by atoms with Gasteiger partial charge in [0.15, 0.2) is 0 Å². The van der Waals surface area contributed by atoms with E-state index in [1.54, 1.807) is 61.3 Å². The molecule has 3 aliphatic rings. The minimum atomic E-state index is -0.0181. The molecule has 0 aliphatic carbocycles. The van der Waals surface area contributed by atoms with Gasteiger partial charge in [0.1, 0.15) is 74.3 Å². The zero-order chi connectivity index (χ0) is 71.8. The van der Waals surface area contributed by atoms with E-state index in [4.69, 9.17) is 32.2 Å². The lowest BCUT2D eigenvalue weighted by Gasteiger charge is -2.31. The third-order valence-corrected chi connectivity index (χ3v) is 21.7. The summed E-state index contributed by atoms with van der Waals surface area (Å²) in [5.74, 6) is 5.66. The molecule has 0 bridgehead atoms. The topological polar surface area (TPSA) is 316 Å². The monoisotopic (exact) mass is 1420 g/mol. The van der Waals surface area contributed by atoms with Crippen LogP contribution in [-0.2, 0) is 16.0 Å². The van der Waals surface area contributed by atoms with Crippen LogP contribution in [-0.4, -0.2) is 150 Å². The van der Waals surface area contributed by atoms with Crippen LogP contribution in [0.1, 0.15) is 89.8 Å². The van der Waals surface area contributed by atoms with Gasteiger partial charge in [0, 0.05) is 168 Å². The van der Waals surface area contributed by atoms with Crippen LogP contribution in [0.5, 0.6) is 0 Å². The van der Waals surface area contributed by atoms with Crippen molar-refractivity contribution in [1.29, 1.82) is 0 Å². The molecule has 0 spiro atoms. The van der Waals surface area contributed by atoms with Gasteiger partial charge >= 0.3 is 0 Å². The minimum Gasteiger partial charge on any atom is -0.382 e. The summed E-state index contributed by atoms with van der Waals surface area (Å²) < 4.78 is 6.21. The van der Waals surface area contributed by atoms with E-state index in [-0.39, 0.29) is 35.5 Å². The number of hydrogen-bond donors (Lipinski definition) is 6. The molecule has 15 heterocycles.